The molecule has 20 aromatic rings. The molecule has 6 aromatic heterocycles. The minimum Gasteiger partial charge on any atom is -0.478 e. The van der Waals surface area contributed by atoms with Gasteiger partial charge in [-0.2, -0.15) is 0 Å². The number of carboxylic acid groups (broad SMARTS) is 1. The SMILES string of the molecule is Cc1cccc(C)c1-c1nnc2c3ccccc3c3cc(Br)ccc3n12.Cc1cccc(C)c1C(=O)NN.Cc1cccc(C)c1C(=O)NNc1nc2ccc(Br)cc2c2ccccc12.Cc1cccc(C)c1C(=O)O.Clc1nc2ccc(Br)cc2c2ccccc12.O=c1[nH]c2ccc(Br)cc2c2ccccc12.O=c1[nH]c2ccccc2c2ccccc12. The maximum atomic E-state index is 12.7. The van der Waals surface area contributed by atoms with Gasteiger partial charge in [-0.25, -0.2) is 20.6 Å². The van der Waals surface area contributed by atoms with Crippen LogP contribution in [0.2, 0.25) is 5.15 Å². The van der Waals surface area contributed by atoms with E-state index in [1.807, 2.05) is 222 Å². The standard InChI is InChI=1S/C22H18BrN3O.C22H16BrN3.C13H7BrClN.C13H8BrNO.C13H9NO.C9H12N2O.C9H10O2/c1-13-6-5-7-14(2)20(13)22(27)26-25-21-17-9-4-3-8-16(17)18-12-15(23)10-11-19(18)24-21;1-13-6-5-7-14(2)20(13)22-25-24-21-17-9-4-3-8-16(17)18-12-15(23)10-11-19(18)26(21)22;14-8-5-6-12-11(7-8)9-3-1-2-4-10(9)13(15)16-12;14-8-5-6-12-11(7-8)9-3-1-2-4-10(9)13(16)15-12;15-13-11-7-2-1-5-9(11)10-6-3-4-8-12(10)14-13;1-6-4-3-5-7(2)8(6)9(12)11-10;1-6-4-3-5-7(2)8(6)9(10)11/h3-12H,1-2H3,(H,24,25)(H,26,27);3-12H,1-2H3;1-7H;1-7H,(H,15,16);1-8H,(H,14,15);3-5H,10H2,1-2H3,(H,11,12);3-5H,1-2H3,(H,10,11). The molecule has 0 aliphatic carbocycles. The lowest BCUT2D eigenvalue weighted by molar-refractivity contribution is 0.0694. The molecule has 0 saturated heterocycles. The second-order valence-electron chi connectivity index (χ2n) is 29.3. The van der Waals surface area contributed by atoms with Crippen molar-refractivity contribution in [3.8, 4) is 11.4 Å². The van der Waals surface area contributed by atoms with E-state index in [0.29, 0.717) is 27.7 Å². The van der Waals surface area contributed by atoms with Gasteiger partial charge in [-0.05, 0) is 218 Å². The number of H-pyrrole nitrogens is 2. The Morgan fingerprint density at radius 2 is 0.732 bits per heavy atom. The zero-order valence-corrected chi connectivity index (χ0v) is 75.0. The lowest BCUT2D eigenvalue weighted by atomic mass is 10.0. The number of hydrogen-bond donors (Lipinski definition) is 7. The molecule has 0 spiro atoms. The Morgan fingerprint density at radius 3 is 1.23 bits per heavy atom. The lowest BCUT2D eigenvalue weighted by Crippen LogP contribution is -2.31. The first kappa shape index (κ1) is 86.3. The molecule has 20 rings (SSSR count). The number of aromatic nitrogens is 7. The third-order valence-corrected chi connectivity index (χ3v) is 23.4. The molecule has 2 amide bonds. The molecule has 0 fully saturated rings. The molecule has 6 heterocycles. The summed E-state index contributed by atoms with van der Waals surface area (Å²) in [5.41, 5.74) is 24.2. The number of nitrogens with zero attached hydrogens (tertiary/aromatic N) is 5. The largest absolute Gasteiger partial charge is 0.478 e. The zero-order valence-electron chi connectivity index (χ0n) is 67.9. The van der Waals surface area contributed by atoms with Gasteiger partial charge in [0.15, 0.2) is 17.3 Å². The van der Waals surface area contributed by atoms with E-state index in [9.17, 15) is 24.0 Å². The van der Waals surface area contributed by atoms with Gasteiger partial charge in [0.05, 0.1) is 22.1 Å². The number of amides is 2. The summed E-state index contributed by atoms with van der Waals surface area (Å²) in [6.07, 6.45) is 0. The molecule has 610 valence electrons. The van der Waals surface area contributed by atoms with Crippen molar-refractivity contribution in [1.82, 2.24) is 45.4 Å². The normalized spacial score (nSPS) is 10.9. The number of carbonyl (C=O) groups excluding carboxylic acids is 2. The Balaban J connectivity index is 0.000000120. The highest BCUT2D eigenvalue weighted by molar-refractivity contribution is 9.11. The number of aryl methyl sites for hydroxylation is 8. The van der Waals surface area contributed by atoms with E-state index in [-0.39, 0.29) is 22.9 Å². The van der Waals surface area contributed by atoms with E-state index in [2.05, 4.69) is 208 Å². The van der Waals surface area contributed by atoms with Crippen molar-refractivity contribution in [2.24, 2.45) is 5.84 Å². The predicted octanol–water partition coefficient (Wildman–Crippen LogP) is 25.4. The molecule has 0 atom stereocenters. The second kappa shape index (κ2) is 38.3. The van der Waals surface area contributed by atoms with Crippen molar-refractivity contribution in [3.63, 3.8) is 0 Å². The van der Waals surface area contributed by atoms with Gasteiger partial charge in [0, 0.05) is 99.5 Å². The number of halogens is 5. The van der Waals surface area contributed by atoms with Crippen LogP contribution in [0, 0.1) is 55.4 Å². The number of nitrogen functional groups attached to an aromatic ring is 1. The van der Waals surface area contributed by atoms with E-state index >= 15 is 0 Å². The van der Waals surface area contributed by atoms with Gasteiger partial charge >= 0.3 is 5.97 Å². The van der Waals surface area contributed by atoms with E-state index in [0.717, 1.165) is 166 Å². The maximum absolute atomic E-state index is 12.7. The summed E-state index contributed by atoms with van der Waals surface area (Å²) < 4.78 is 6.33. The van der Waals surface area contributed by atoms with Crippen LogP contribution in [0.1, 0.15) is 75.6 Å². The van der Waals surface area contributed by atoms with E-state index in [4.69, 9.17) is 27.5 Å². The fraction of sp³-hybridized carbons (Fsp3) is 0.0792. The van der Waals surface area contributed by atoms with Gasteiger partial charge in [0.1, 0.15) is 5.15 Å². The van der Waals surface area contributed by atoms with Gasteiger partial charge in [-0.15, -0.1) is 10.2 Å². The maximum Gasteiger partial charge on any atom is 0.336 e. The quantitative estimate of drug-likeness (QED) is 0.0270. The number of pyridine rings is 5. The number of aromatic carboxylic acids is 1. The molecule has 0 bridgehead atoms. The van der Waals surface area contributed by atoms with Gasteiger partial charge in [-0.1, -0.05) is 276 Å². The topological polar surface area (TPSA) is 255 Å². The number of hydrazine groups is 2. The number of hydrogen-bond acceptors (Lipinski definition) is 11. The highest BCUT2D eigenvalue weighted by Crippen LogP contribution is 2.38. The summed E-state index contributed by atoms with van der Waals surface area (Å²) in [4.78, 5) is 73.0. The summed E-state index contributed by atoms with van der Waals surface area (Å²) in [7, 11) is 0. The Hall–Kier alpha value is -13.1. The number of carboxylic acids is 1. The van der Waals surface area contributed by atoms with Crippen molar-refractivity contribution in [1.29, 1.82) is 0 Å². The van der Waals surface area contributed by atoms with Crippen molar-refractivity contribution < 1.29 is 19.5 Å². The monoisotopic (exact) mass is 1890 g/mol. The van der Waals surface area contributed by atoms with Crippen LogP contribution in [0.3, 0.4) is 0 Å². The molecule has 0 aliphatic heterocycles. The molecular formula is C101H80Br4ClN11O6. The molecule has 123 heavy (non-hydrogen) atoms. The number of nitrogens with one attached hydrogen (secondary N) is 5. The number of nitrogens with two attached hydrogens (primary N) is 1. The van der Waals surface area contributed by atoms with Gasteiger partial charge in [0.2, 0.25) is 0 Å². The van der Waals surface area contributed by atoms with Crippen molar-refractivity contribution >= 4 is 213 Å². The predicted molar refractivity (Wildman–Crippen MR) is 519 cm³/mol. The number of carbonyl (C=O) groups is 3. The first-order valence-corrected chi connectivity index (χ1v) is 42.6. The highest BCUT2D eigenvalue weighted by Gasteiger charge is 2.21. The van der Waals surface area contributed by atoms with Crippen LogP contribution in [0.4, 0.5) is 5.82 Å². The third kappa shape index (κ3) is 18.8. The van der Waals surface area contributed by atoms with Crippen LogP contribution < -0.4 is 33.2 Å². The minimum atomic E-state index is -0.847. The number of fused-ring (bicyclic) bond motifs is 18. The van der Waals surface area contributed by atoms with Crippen LogP contribution >= 0.6 is 75.3 Å². The molecule has 8 N–H and O–H groups in total. The average molecular weight is 1900 g/mol. The third-order valence-electron chi connectivity index (χ3n) is 21.2. The Morgan fingerprint density at radius 1 is 0.366 bits per heavy atom. The van der Waals surface area contributed by atoms with Crippen molar-refractivity contribution in [2.75, 3.05) is 5.43 Å². The molecule has 0 aliphatic rings. The number of para-hydroxylation sites is 1. The fourth-order valence-corrected chi connectivity index (χ4v) is 17.1. The van der Waals surface area contributed by atoms with Crippen molar-refractivity contribution in [2.45, 2.75) is 55.4 Å². The van der Waals surface area contributed by atoms with Crippen LogP contribution in [0.5, 0.6) is 0 Å². The molecule has 0 unspecified atom stereocenters. The molecule has 22 heteroatoms. The highest BCUT2D eigenvalue weighted by atomic mass is 79.9. The van der Waals surface area contributed by atoms with Crippen LogP contribution in [-0.4, -0.2) is 57.4 Å². The summed E-state index contributed by atoms with van der Waals surface area (Å²) in [6, 6.07) is 95.1. The summed E-state index contributed by atoms with van der Waals surface area (Å²) in [5, 5.41) is 34.0. The lowest BCUT2D eigenvalue weighted by Gasteiger charge is -2.14. The van der Waals surface area contributed by atoms with Gasteiger partial charge in [0.25, 0.3) is 22.9 Å². The Labute approximate surface area is 745 Å². The molecular weight excluding hydrogens is 1820 g/mol. The molecule has 17 nitrogen and oxygen atoms in total. The number of aromatic amines is 2. The molecule has 0 saturated carbocycles. The summed E-state index contributed by atoms with van der Waals surface area (Å²) in [5.74, 6) is 5.31. The Bertz CT molecular complexity index is 7590. The first-order valence-electron chi connectivity index (χ1n) is 39.1. The number of rotatable bonds is 6. The van der Waals surface area contributed by atoms with E-state index in [1.165, 1.54) is 21.9 Å². The Kier molecular flexibility index (Phi) is 26.9. The van der Waals surface area contributed by atoms with Crippen molar-refractivity contribution in [3.05, 3.63) is 396 Å². The number of benzene rings is 14. The summed E-state index contributed by atoms with van der Waals surface area (Å²) in [6.45, 7) is 15.5. The van der Waals surface area contributed by atoms with E-state index in [1.54, 1.807) is 26.0 Å². The van der Waals surface area contributed by atoms with E-state index < -0.39 is 5.97 Å². The smallest absolute Gasteiger partial charge is 0.336 e. The van der Waals surface area contributed by atoms with Crippen LogP contribution in [0.15, 0.2) is 319 Å². The summed E-state index contributed by atoms with van der Waals surface area (Å²) >= 11 is 20.2. The fourth-order valence-electron chi connectivity index (χ4n) is 15.4. The second-order valence-corrected chi connectivity index (χ2v) is 33.3. The first-order chi connectivity index (χ1) is 59.3. The average Bonchev–Trinajstić information content (AvgIpc) is 0.916. The number of anilines is 1. The van der Waals surface area contributed by atoms with Gasteiger partial charge in [-0.3, -0.25) is 39.9 Å². The zero-order chi connectivity index (χ0) is 86.9. The van der Waals surface area contributed by atoms with Crippen LogP contribution in [0.25, 0.3) is 125 Å². The van der Waals surface area contributed by atoms with Crippen LogP contribution in [-0.2, 0) is 0 Å². The minimum absolute atomic E-state index is 0.0238. The molecule has 14 aromatic carbocycles. The molecule has 0 radical (unpaired) electrons. The van der Waals surface area contributed by atoms with Gasteiger partial charge < -0.3 is 15.1 Å².